The third kappa shape index (κ3) is 4.20. The van der Waals surface area contributed by atoms with Crippen LogP contribution in [0.15, 0.2) is 30.5 Å². The quantitative estimate of drug-likeness (QED) is 0.767. The predicted molar refractivity (Wildman–Crippen MR) is 83.2 cm³/mol. The number of aromatic amines is 1. The van der Waals surface area contributed by atoms with E-state index in [1.807, 2.05) is 24.4 Å². The highest BCUT2D eigenvalue weighted by Crippen LogP contribution is 2.18. The van der Waals surface area contributed by atoms with Crippen molar-refractivity contribution in [1.29, 1.82) is 0 Å². The normalized spacial score (nSPS) is 12.4. The van der Waals surface area contributed by atoms with Crippen LogP contribution in [0.3, 0.4) is 0 Å². The molecule has 108 valence electrons. The fourth-order valence-electron chi connectivity index (χ4n) is 2.18. The number of hydrogen-bond donors (Lipinski definition) is 2. The third-order valence-corrected chi connectivity index (χ3v) is 4.09. The zero-order chi connectivity index (χ0) is 14.4. The predicted octanol–water partition coefficient (Wildman–Crippen LogP) is 1.99. The summed E-state index contributed by atoms with van der Waals surface area (Å²) < 4.78 is 10.9. The third-order valence-electron chi connectivity index (χ3n) is 3.23. The smallest absolute Gasteiger partial charge is 0.220 e. The van der Waals surface area contributed by atoms with Crippen LogP contribution in [0.5, 0.6) is 0 Å². The number of H-pyrrole nitrogens is 1. The second kappa shape index (κ2) is 7.24. The van der Waals surface area contributed by atoms with Crippen LogP contribution in [0.25, 0.3) is 10.9 Å². The van der Waals surface area contributed by atoms with Crippen LogP contribution in [-0.2, 0) is 22.0 Å². The highest BCUT2D eigenvalue weighted by molar-refractivity contribution is 7.84. The molecule has 0 saturated carbocycles. The molecule has 0 aliphatic carbocycles. The zero-order valence-corrected chi connectivity index (χ0v) is 12.5. The Kier molecular flexibility index (Phi) is 5.35. The molecule has 0 aliphatic heterocycles. The number of amides is 1. The molecule has 0 saturated heterocycles. The van der Waals surface area contributed by atoms with Gasteiger partial charge in [-0.15, -0.1) is 0 Å². The standard InChI is InChI=1S/C15H20N2O2S/c1-20(19)10-4-9-16-15(18)8-7-12-11-17-14-6-3-2-5-13(12)14/h2-3,5-6,11,17H,4,7-10H2,1H3,(H,16,18). The monoisotopic (exact) mass is 292 g/mol. The van der Waals surface area contributed by atoms with Crippen molar-refractivity contribution in [3.8, 4) is 0 Å². The Morgan fingerprint density at radius 1 is 1.35 bits per heavy atom. The fraction of sp³-hybridized carbons (Fsp3) is 0.400. The van der Waals surface area contributed by atoms with E-state index in [1.54, 1.807) is 6.26 Å². The number of aromatic nitrogens is 1. The van der Waals surface area contributed by atoms with Crippen LogP contribution in [0, 0.1) is 0 Å². The van der Waals surface area contributed by atoms with E-state index in [4.69, 9.17) is 0 Å². The lowest BCUT2D eigenvalue weighted by Gasteiger charge is -2.04. The van der Waals surface area contributed by atoms with Crippen molar-refractivity contribution in [3.63, 3.8) is 0 Å². The first-order valence-corrected chi connectivity index (χ1v) is 8.51. The molecule has 0 radical (unpaired) electrons. The van der Waals surface area contributed by atoms with Crippen molar-refractivity contribution >= 4 is 27.6 Å². The van der Waals surface area contributed by atoms with Gasteiger partial charge in [0.25, 0.3) is 0 Å². The summed E-state index contributed by atoms with van der Waals surface area (Å²) in [5.41, 5.74) is 2.28. The molecule has 2 N–H and O–H groups in total. The minimum atomic E-state index is -0.779. The number of fused-ring (bicyclic) bond motifs is 1. The largest absolute Gasteiger partial charge is 0.361 e. The maximum absolute atomic E-state index is 11.7. The Hall–Kier alpha value is -1.62. The molecule has 20 heavy (non-hydrogen) atoms. The van der Waals surface area contributed by atoms with E-state index in [9.17, 15) is 9.00 Å². The van der Waals surface area contributed by atoms with Crippen LogP contribution in [0.2, 0.25) is 0 Å². The van der Waals surface area contributed by atoms with Crippen molar-refractivity contribution in [3.05, 3.63) is 36.0 Å². The summed E-state index contributed by atoms with van der Waals surface area (Å²) in [6.07, 6.45) is 5.63. The van der Waals surface area contributed by atoms with Crippen LogP contribution >= 0.6 is 0 Å². The van der Waals surface area contributed by atoms with Gasteiger partial charge >= 0.3 is 0 Å². The summed E-state index contributed by atoms with van der Waals surface area (Å²) in [5.74, 6) is 0.695. The number of hydrogen-bond acceptors (Lipinski definition) is 2. The van der Waals surface area contributed by atoms with Crippen molar-refractivity contribution in [2.45, 2.75) is 19.3 Å². The lowest BCUT2D eigenvalue weighted by atomic mass is 10.1. The number of aryl methyl sites for hydroxylation is 1. The first kappa shape index (κ1) is 14.8. The summed E-state index contributed by atoms with van der Waals surface area (Å²) in [6, 6.07) is 8.09. The Balaban J connectivity index is 1.77. The number of rotatable bonds is 7. The van der Waals surface area contributed by atoms with Gasteiger partial charge in [0, 0.05) is 52.9 Å². The molecule has 4 nitrogen and oxygen atoms in total. The Labute approximate surface area is 121 Å². The van der Waals surface area contributed by atoms with Crippen molar-refractivity contribution in [2.24, 2.45) is 0 Å². The number of carbonyl (C=O) groups is 1. The van der Waals surface area contributed by atoms with Gasteiger partial charge in [-0.25, -0.2) is 0 Å². The van der Waals surface area contributed by atoms with E-state index >= 15 is 0 Å². The number of benzene rings is 1. The highest BCUT2D eigenvalue weighted by Gasteiger charge is 2.06. The molecule has 1 heterocycles. The van der Waals surface area contributed by atoms with E-state index in [1.165, 1.54) is 10.9 Å². The van der Waals surface area contributed by atoms with Gasteiger partial charge in [0.15, 0.2) is 0 Å². The molecular weight excluding hydrogens is 272 g/mol. The van der Waals surface area contributed by atoms with E-state index in [-0.39, 0.29) is 5.91 Å². The summed E-state index contributed by atoms with van der Waals surface area (Å²) in [7, 11) is -0.779. The van der Waals surface area contributed by atoms with Crippen LogP contribution in [-0.4, -0.2) is 33.7 Å². The maximum atomic E-state index is 11.7. The van der Waals surface area contributed by atoms with Gasteiger partial charge in [-0.1, -0.05) is 18.2 Å². The first-order valence-electron chi connectivity index (χ1n) is 6.78. The average Bonchev–Trinajstić information content (AvgIpc) is 2.84. The van der Waals surface area contributed by atoms with Crippen LogP contribution in [0.1, 0.15) is 18.4 Å². The molecule has 1 atom stereocenters. The molecule has 2 rings (SSSR count). The zero-order valence-electron chi connectivity index (χ0n) is 11.6. The molecule has 0 aliphatic rings. The highest BCUT2D eigenvalue weighted by atomic mass is 32.2. The number of nitrogens with one attached hydrogen (secondary N) is 2. The Morgan fingerprint density at radius 2 is 2.15 bits per heavy atom. The molecule has 1 unspecified atom stereocenters. The van der Waals surface area contributed by atoms with Gasteiger partial charge in [-0.05, 0) is 24.5 Å². The van der Waals surface area contributed by atoms with Crippen molar-refractivity contribution in [2.75, 3.05) is 18.6 Å². The molecule has 5 heteroatoms. The summed E-state index contributed by atoms with van der Waals surface area (Å²) in [5, 5.41) is 4.05. The SMILES string of the molecule is CS(=O)CCCNC(=O)CCc1c[nH]c2ccccc12. The van der Waals surface area contributed by atoms with Crippen molar-refractivity contribution in [1.82, 2.24) is 10.3 Å². The van der Waals surface area contributed by atoms with E-state index < -0.39 is 10.8 Å². The van der Waals surface area contributed by atoms with Gasteiger partial charge in [0.1, 0.15) is 0 Å². The molecule has 1 aromatic heterocycles. The topological polar surface area (TPSA) is 62.0 Å². The summed E-state index contributed by atoms with van der Waals surface area (Å²) in [4.78, 5) is 14.9. The first-order chi connectivity index (χ1) is 9.66. The van der Waals surface area contributed by atoms with Gasteiger partial charge < -0.3 is 10.3 Å². The number of para-hydroxylation sites is 1. The van der Waals surface area contributed by atoms with Gasteiger partial charge in [-0.3, -0.25) is 9.00 Å². The van der Waals surface area contributed by atoms with Gasteiger partial charge in [0.2, 0.25) is 5.91 Å². The Bertz CT molecular complexity index is 607. The summed E-state index contributed by atoms with van der Waals surface area (Å²) in [6.45, 7) is 0.603. The van der Waals surface area contributed by atoms with Gasteiger partial charge in [0.05, 0.1) is 0 Å². The van der Waals surface area contributed by atoms with E-state index in [0.717, 1.165) is 18.4 Å². The molecule has 1 amide bonds. The van der Waals surface area contributed by atoms with Crippen LogP contribution < -0.4 is 5.32 Å². The minimum Gasteiger partial charge on any atom is -0.361 e. The maximum Gasteiger partial charge on any atom is 0.220 e. The average molecular weight is 292 g/mol. The molecule has 2 aromatic rings. The molecular formula is C15H20N2O2S. The van der Waals surface area contributed by atoms with E-state index in [2.05, 4.69) is 16.4 Å². The van der Waals surface area contributed by atoms with Crippen LogP contribution in [0.4, 0.5) is 0 Å². The molecule has 0 fully saturated rings. The Morgan fingerprint density at radius 3 is 2.95 bits per heavy atom. The number of carbonyl (C=O) groups excluding carboxylic acids is 1. The van der Waals surface area contributed by atoms with Gasteiger partial charge in [-0.2, -0.15) is 0 Å². The molecule has 0 spiro atoms. The van der Waals surface area contributed by atoms with E-state index in [0.29, 0.717) is 18.7 Å². The lowest BCUT2D eigenvalue weighted by Crippen LogP contribution is -2.25. The fourth-order valence-corrected chi connectivity index (χ4v) is 2.73. The second-order valence-corrected chi connectivity index (χ2v) is 6.39. The lowest BCUT2D eigenvalue weighted by molar-refractivity contribution is -0.121. The summed E-state index contributed by atoms with van der Waals surface area (Å²) >= 11 is 0. The molecule has 0 bridgehead atoms. The van der Waals surface area contributed by atoms with Crippen molar-refractivity contribution < 1.29 is 9.00 Å². The molecule has 1 aromatic carbocycles. The second-order valence-electron chi connectivity index (χ2n) is 4.84. The minimum absolute atomic E-state index is 0.0529.